The normalized spacial score (nSPS) is 11.4. The Hall–Kier alpha value is -3.28. The molecule has 0 spiro atoms. The lowest BCUT2D eigenvalue weighted by Crippen LogP contribution is -2.24. The van der Waals surface area contributed by atoms with Gasteiger partial charge in [-0.05, 0) is 43.3 Å². The molecule has 3 rings (SSSR count). The van der Waals surface area contributed by atoms with E-state index in [9.17, 15) is 22.8 Å². The Morgan fingerprint density at radius 1 is 1.16 bits per heavy atom. The van der Waals surface area contributed by atoms with E-state index >= 15 is 0 Å². The van der Waals surface area contributed by atoms with Gasteiger partial charge in [-0.25, -0.2) is 0 Å². The average molecular weight is 453 g/mol. The Morgan fingerprint density at radius 2 is 1.90 bits per heavy atom. The number of amides is 2. The summed E-state index contributed by atoms with van der Waals surface area (Å²) in [7, 11) is 0. The Kier molecular flexibility index (Phi) is 7.00. The van der Waals surface area contributed by atoms with Gasteiger partial charge in [-0.3, -0.25) is 9.59 Å². The molecular formula is C19H18F3N5O3S. The second-order valence-electron chi connectivity index (χ2n) is 6.22. The number of aromatic nitrogens is 3. The number of carbonyl (C=O) groups is 2. The lowest BCUT2D eigenvalue weighted by atomic mass is 10.2. The molecule has 0 fully saturated rings. The molecule has 0 unspecified atom stereocenters. The van der Waals surface area contributed by atoms with Crippen molar-refractivity contribution in [1.82, 2.24) is 20.1 Å². The van der Waals surface area contributed by atoms with E-state index in [1.807, 2.05) is 6.92 Å². The van der Waals surface area contributed by atoms with E-state index in [1.54, 1.807) is 10.6 Å². The highest BCUT2D eigenvalue weighted by molar-refractivity contribution is 7.99. The van der Waals surface area contributed by atoms with Crippen LogP contribution in [-0.4, -0.2) is 32.3 Å². The van der Waals surface area contributed by atoms with Crippen LogP contribution in [-0.2, 0) is 24.1 Å². The van der Waals surface area contributed by atoms with Crippen LogP contribution in [0.1, 0.15) is 28.9 Å². The Balaban J connectivity index is 1.54. The van der Waals surface area contributed by atoms with Gasteiger partial charge in [-0.1, -0.05) is 11.8 Å². The van der Waals surface area contributed by atoms with Crippen LogP contribution in [0.5, 0.6) is 0 Å². The zero-order chi connectivity index (χ0) is 22.4. The van der Waals surface area contributed by atoms with Gasteiger partial charge in [0.2, 0.25) is 5.91 Å². The summed E-state index contributed by atoms with van der Waals surface area (Å²) in [6.07, 6.45) is -3.04. The highest BCUT2D eigenvalue weighted by Gasteiger charge is 2.30. The second-order valence-corrected chi connectivity index (χ2v) is 7.16. The topological polar surface area (TPSA) is 102 Å². The lowest BCUT2D eigenvalue weighted by Gasteiger charge is -2.09. The van der Waals surface area contributed by atoms with Gasteiger partial charge in [0.25, 0.3) is 5.91 Å². The molecule has 1 aromatic carbocycles. The summed E-state index contributed by atoms with van der Waals surface area (Å²) in [6.45, 7) is 2.51. The van der Waals surface area contributed by atoms with Crippen molar-refractivity contribution < 1.29 is 27.2 Å². The van der Waals surface area contributed by atoms with Crippen LogP contribution in [0.15, 0.2) is 52.2 Å². The number of anilines is 1. The number of benzene rings is 1. The third-order valence-electron chi connectivity index (χ3n) is 4.09. The zero-order valence-electron chi connectivity index (χ0n) is 16.3. The van der Waals surface area contributed by atoms with Crippen LogP contribution >= 0.6 is 11.8 Å². The van der Waals surface area contributed by atoms with Crippen molar-refractivity contribution in [3.63, 3.8) is 0 Å². The molecule has 164 valence electrons. The van der Waals surface area contributed by atoms with Crippen LogP contribution in [0.4, 0.5) is 18.9 Å². The monoisotopic (exact) mass is 453 g/mol. The number of nitrogens with zero attached hydrogens (tertiary/aromatic N) is 3. The molecule has 2 amide bonds. The minimum absolute atomic E-state index is 0.0160. The number of nitrogens with one attached hydrogen (secondary N) is 2. The molecule has 8 nitrogen and oxygen atoms in total. The Morgan fingerprint density at radius 3 is 2.52 bits per heavy atom. The van der Waals surface area contributed by atoms with E-state index in [1.165, 1.54) is 24.5 Å². The van der Waals surface area contributed by atoms with Crippen LogP contribution in [0.3, 0.4) is 0 Å². The maximum absolute atomic E-state index is 12.6. The average Bonchev–Trinajstić information content (AvgIpc) is 3.40. The molecule has 12 heteroatoms. The van der Waals surface area contributed by atoms with Gasteiger partial charge in [0.05, 0.1) is 24.1 Å². The minimum Gasteiger partial charge on any atom is -0.459 e. The van der Waals surface area contributed by atoms with Gasteiger partial charge >= 0.3 is 6.18 Å². The van der Waals surface area contributed by atoms with Crippen molar-refractivity contribution in [3.8, 4) is 0 Å². The molecular weight excluding hydrogens is 435 g/mol. The van der Waals surface area contributed by atoms with Crippen molar-refractivity contribution in [1.29, 1.82) is 0 Å². The highest BCUT2D eigenvalue weighted by Crippen LogP contribution is 2.29. The minimum atomic E-state index is -4.43. The number of carbonyl (C=O) groups excluding carboxylic acids is 2. The van der Waals surface area contributed by atoms with Crippen molar-refractivity contribution in [2.24, 2.45) is 0 Å². The zero-order valence-corrected chi connectivity index (χ0v) is 17.1. The Labute approximate surface area is 179 Å². The number of rotatable bonds is 8. The lowest BCUT2D eigenvalue weighted by molar-refractivity contribution is -0.137. The maximum atomic E-state index is 12.6. The van der Waals surface area contributed by atoms with Crippen molar-refractivity contribution in [2.45, 2.75) is 31.3 Å². The summed E-state index contributed by atoms with van der Waals surface area (Å²) in [4.78, 5) is 24.1. The number of halogens is 3. The summed E-state index contributed by atoms with van der Waals surface area (Å²) in [5.74, 6) is -0.119. The molecule has 31 heavy (non-hydrogen) atoms. The smallest absolute Gasteiger partial charge is 0.416 e. The van der Waals surface area contributed by atoms with Gasteiger partial charge in [-0.15, -0.1) is 10.2 Å². The summed E-state index contributed by atoms with van der Waals surface area (Å²) in [5.41, 5.74) is -0.528. The molecule has 2 N–H and O–H groups in total. The van der Waals surface area contributed by atoms with Crippen molar-refractivity contribution >= 4 is 29.3 Å². The summed E-state index contributed by atoms with van der Waals surface area (Å²) in [5, 5.41) is 13.8. The predicted octanol–water partition coefficient (Wildman–Crippen LogP) is 3.57. The SMILES string of the molecule is CCn1c(CNC(=O)c2ccco2)nnc1SCC(=O)Nc1ccc(C(F)(F)F)cc1. The van der Waals surface area contributed by atoms with Crippen LogP contribution in [0, 0.1) is 0 Å². The second kappa shape index (κ2) is 9.69. The molecule has 0 bridgehead atoms. The van der Waals surface area contributed by atoms with Crippen molar-refractivity contribution in [3.05, 3.63) is 59.8 Å². The van der Waals surface area contributed by atoms with Crippen LogP contribution in [0.25, 0.3) is 0 Å². The molecule has 0 radical (unpaired) electrons. The van der Waals surface area contributed by atoms with E-state index in [0.717, 1.165) is 23.9 Å². The van der Waals surface area contributed by atoms with E-state index in [2.05, 4.69) is 20.8 Å². The van der Waals surface area contributed by atoms with Gasteiger partial charge < -0.3 is 19.6 Å². The molecule has 0 atom stereocenters. The van der Waals surface area contributed by atoms with Crippen LogP contribution in [0.2, 0.25) is 0 Å². The molecule has 2 heterocycles. The number of thioether (sulfide) groups is 1. The molecule has 0 aliphatic rings. The largest absolute Gasteiger partial charge is 0.459 e. The van der Waals surface area contributed by atoms with Gasteiger partial charge in [0.1, 0.15) is 0 Å². The summed E-state index contributed by atoms with van der Waals surface area (Å²) >= 11 is 1.13. The first-order valence-corrected chi connectivity index (χ1v) is 10.1. The number of alkyl halides is 3. The third-order valence-corrected chi connectivity index (χ3v) is 5.06. The first-order chi connectivity index (χ1) is 14.8. The summed E-state index contributed by atoms with van der Waals surface area (Å²) in [6, 6.07) is 7.34. The van der Waals surface area contributed by atoms with E-state index < -0.39 is 17.6 Å². The van der Waals surface area contributed by atoms with E-state index in [0.29, 0.717) is 17.5 Å². The van der Waals surface area contributed by atoms with E-state index in [4.69, 9.17) is 4.42 Å². The quantitative estimate of drug-likeness (QED) is 0.506. The van der Waals surface area contributed by atoms with E-state index in [-0.39, 0.29) is 29.7 Å². The maximum Gasteiger partial charge on any atom is 0.416 e. The fourth-order valence-corrected chi connectivity index (χ4v) is 3.42. The molecule has 2 aromatic heterocycles. The Bertz CT molecular complexity index is 1030. The van der Waals surface area contributed by atoms with Gasteiger partial charge in [0, 0.05) is 12.2 Å². The number of hydrogen-bond donors (Lipinski definition) is 2. The first-order valence-electron chi connectivity index (χ1n) is 9.11. The third kappa shape index (κ3) is 5.87. The highest BCUT2D eigenvalue weighted by atomic mass is 32.2. The fourth-order valence-electron chi connectivity index (χ4n) is 2.60. The predicted molar refractivity (Wildman–Crippen MR) is 106 cm³/mol. The van der Waals surface area contributed by atoms with Crippen molar-refractivity contribution in [2.75, 3.05) is 11.1 Å². The molecule has 3 aromatic rings. The fraction of sp³-hybridized carbons (Fsp3) is 0.263. The molecule has 0 aliphatic heterocycles. The summed E-state index contributed by atoms with van der Waals surface area (Å²) < 4.78 is 44.6. The number of hydrogen-bond acceptors (Lipinski definition) is 6. The van der Waals surface area contributed by atoms with Gasteiger partial charge in [-0.2, -0.15) is 13.2 Å². The van der Waals surface area contributed by atoms with Gasteiger partial charge in [0.15, 0.2) is 16.7 Å². The number of furan rings is 1. The van der Waals surface area contributed by atoms with Crippen LogP contribution < -0.4 is 10.6 Å². The molecule has 0 saturated heterocycles. The first kappa shape index (κ1) is 22.4. The standard InChI is InChI=1S/C19H18F3N5O3S/c1-2-27-15(10-23-17(29)14-4-3-9-30-14)25-26-18(27)31-11-16(28)24-13-7-5-12(6-8-13)19(20,21)22/h3-9H,2,10-11H2,1H3,(H,23,29)(H,24,28). The molecule has 0 aliphatic carbocycles. The molecule has 0 saturated carbocycles.